The third kappa shape index (κ3) is 8.92. The number of amides is 2. The number of rotatable bonds is 9. The Morgan fingerprint density at radius 3 is 2.10 bits per heavy atom. The standard InChI is InChI=1S/C48H57N5O6Si/c1-31-39(44(54)53(42-26-37(28-49)50(9)32(42)2)36-18-20-38(21-19-36)59-60(11,12)48(6,7)8)27-43(51(31)10)40-24-34-22-23-52(46(56)57-30-33-16-14-13-15-17-33)29-35(34)25-41(40)45(55)58-47(3,4)5/h13-21,24-27H,22-23,29-30H2,1-12H3. The van der Waals surface area contributed by atoms with Crippen LogP contribution in [-0.2, 0) is 43.1 Å². The molecule has 0 radical (unpaired) electrons. The number of hydrogen-bond donors (Lipinski definition) is 0. The summed E-state index contributed by atoms with van der Waals surface area (Å²) in [5.74, 6) is -0.0823. The van der Waals surface area contributed by atoms with E-state index < -0.39 is 26.0 Å². The molecule has 6 rings (SSSR count). The highest BCUT2D eigenvalue weighted by molar-refractivity contribution is 6.74. The largest absolute Gasteiger partial charge is 0.544 e. The molecule has 12 heteroatoms. The minimum atomic E-state index is -2.13. The second-order valence-corrected chi connectivity index (χ2v) is 22.9. The number of anilines is 2. The summed E-state index contributed by atoms with van der Waals surface area (Å²) in [4.78, 5) is 45.7. The van der Waals surface area contributed by atoms with E-state index in [1.807, 2.05) is 126 Å². The topological polar surface area (TPSA) is 119 Å². The van der Waals surface area contributed by atoms with Crippen molar-refractivity contribution in [3.8, 4) is 23.1 Å². The number of benzene rings is 3. The van der Waals surface area contributed by atoms with Crippen LogP contribution >= 0.6 is 0 Å². The Morgan fingerprint density at radius 1 is 0.833 bits per heavy atom. The van der Waals surface area contributed by atoms with Crippen LogP contribution in [0.2, 0.25) is 18.1 Å². The molecule has 1 aliphatic rings. The first-order valence-corrected chi connectivity index (χ1v) is 23.2. The molecule has 2 aromatic heterocycles. The maximum atomic E-state index is 15.1. The van der Waals surface area contributed by atoms with Crippen LogP contribution in [0.3, 0.4) is 0 Å². The molecule has 3 aromatic carbocycles. The third-order valence-electron chi connectivity index (χ3n) is 11.8. The molecular formula is C48H57N5O6Si. The predicted octanol–water partition coefficient (Wildman–Crippen LogP) is 10.5. The number of aromatic nitrogens is 2. The van der Waals surface area contributed by atoms with Gasteiger partial charge in [-0.15, -0.1) is 0 Å². The summed E-state index contributed by atoms with van der Waals surface area (Å²) in [5, 5.41) is 9.97. The number of nitrogens with zero attached hydrogens (tertiary/aromatic N) is 5. The van der Waals surface area contributed by atoms with Gasteiger partial charge in [-0.3, -0.25) is 9.69 Å². The van der Waals surface area contributed by atoms with Gasteiger partial charge in [0.25, 0.3) is 5.91 Å². The van der Waals surface area contributed by atoms with Gasteiger partial charge in [0.1, 0.15) is 29.7 Å². The van der Waals surface area contributed by atoms with Gasteiger partial charge in [-0.1, -0.05) is 51.1 Å². The van der Waals surface area contributed by atoms with Crippen molar-refractivity contribution in [1.82, 2.24) is 14.0 Å². The van der Waals surface area contributed by atoms with Crippen molar-refractivity contribution in [3.05, 3.63) is 124 Å². The highest BCUT2D eigenvalue weighted by atomic mass is 28.4. The van der Waals surface area contributed by atoms with Gasteiger partial charge in [0.15, 0.2) is 0 Å². The molecular weight excluding hydrogens is 771 g/mol. The molecule has 1 aliphatic heterocycles. The monoisotopic (exact) mass is 827 g/mol. The maximum absolute atomic E-state index is 15.1. The molecule has 0 saturated carbocycles. The lowest BCUT2D eigenvalue weighted by atomic mass is 9.92. The molecule has 60 heavy (non-hydrogen) atoms. The van der Waals surface area contributed by atoms with Crippen molar-refractivity contribution in [2.24, 2.45) is 14.1 Å². The van der Waals surface area contributed by atoms with Crippen LogP contribution in [0.5, 0.6) is 5.75 Å². The highest BCUT2D eigenvalue weighted by Crippen LogP contribution is 2.40. The van der Waals surface area contributed by atoms with Crippen molar-refractivity contribution in [3.63, 3.8) is 0 Å². The summed E-state index contributed by atoms with van der Waals surface area (Å²) in [6, 6.07) is 26.7. The molecule has 3 heterocycles. The van der Waals surface area contributed by atoms with Gasteiger partial charge < -0.3 is 27.9 Å². The number of carbonyl (C=O) groups is 3. The average Bonchev–Trinajstić information content (AvgIpc) is 3.65. The average molecular weight is 828 g/mol. The number of fused-ring (bicyclic) bond motifs is 1. The first-order valence-electron chi connectivity index (χ1n) is 20.3. The summed E-state index contributed by atoms with van der Waals surface area (Å²) in [6.07, 6.45) is 0.121. The molecule has 0 bridgehead atoms. The molecule has 11 nitrogen and oxygen atoms in total. The van der Waals surface area contributed by atoms with Crippen LogP contribution in [0.4, 0.5) is 16.2 Å². The molecule has 0 fully saturated rings. The summed E-state index contributed by atoms with van der Waals surface area (Å²) >= 11 is 0. The first kappa shape index (κ1) is 43.5. The van der Waals surface area contributed by atoms with Crippen LogP contribution in [0.15, 0.2) is 78.9 Å². The minimum Gasteiger partial charge on any atom is -0.544 e. The molecule has 0 saturated heterocycles. The van der Waals surface area contributed by atoms with Crippen LogP contribution in [0, 0.1) is 25.2 Å². The van der Waals surface area contributed by atoms with Crippen molar-refractivity contribution < 1.29 is 28.3 Å². The van der Waals surface area contributed by atoms with E-state index in [4.69, 9.17) is 13.9 Å². The molecule has 0 N–H and O–H groups in total. The SMILES string of the molecule is Cc1c(N(C(=O)c2cc(-c3cc4c(cc3C(=O)OC(C)(C)C)CN(C(=O)OCc3ccccc3)CC4)n(C)c2C)c2ccc(O[Si](C)(C)C(C)(C)C)cc2)cc(C#N)n1C. The normalized spacial score (nSPS) is 13.0. The Balaban J connectivity index is 1.40. The Kier molecular flexibility index (Phi) is 12.0. The van der Waals surface area contributed by atoms with Crippen molar-refractivity contribution in [2.75, 3.05) is 11.4 Å². The number of hydrogen-bond acceptors (Lipinski definition) is 7. The maximum Gasteiger partial charge on any atom is 0.410 e. The quantitative estimate of drug-likeness (QED) is 0.107. The van der Waals surface area contributed by atoms with Crippen LogP contribution in [0.25, 0.3) is 11.3 Å². The Morgan fingerprint density at radius 2 is 1.50 bits per heavy atom. The minimum absolute atomic E-state index is 0.00342. The van der Waals surface area contributed by atoms with E-state index in [-0.39, 0.29) is 24.1 Å². The van der Waals surface area contributed by atoms with E-state index in [2.05, 4.69) is 39.9 Å². The predicted molar refractivity (Wildman–Crippen MR) is 237 cm³/mol. The lowest BCUT2D eigenvalue weighted by Gasteiger charge is -2.36. The lowest BCUT2D eigenvalue weighted by molar-refractivity contribution is 0.00700. The number of esters is 1. The van der Waals surface area contributed by atoms with Crippen LogP contribution in [0.1, 0.15) is 96.0 Å². The molecule has 2 amide bonds. The summed E-state index contributed by atoms with van der Waals surface area (Å²) in [6.45, 7) is 21.1. The fourth-order valence-electron chi connectivity index (χ4n) is 7.08. The molecule has 0 unspecified atom stereocenters. The fraction of sp³-hybridized carbons (Fsp3) is 0.375. The number of ether oxygens (including phenoxy) is 2. The van der Waals surface area contributed by atoms with E-state index in [9.17, 15) is 14.9 Å². The van der Waals surface area contributed by atoms with Crippen molar-refractivity contribution in [2.45, 2.75) is 98.7 Å². The Labute approximate surface area is 355 Å². The van der Waals surface area contributed by atoms with Gasteiger partial charge >= 0.3 is 12.1 Å². The molecule has 0 atom stereocenters. The van der Waals surface area contributed by atoms with Gasteiger partial charge in [-0.2, -0.15) is 5.26 Å². The zero-order valence-electron chi connectivity index (χ0n) is 37.0. The van der Waals surface area contributed by atoms with Crippen molar-refractivity contribution in [1.29, 1.82) is 5.26 Å². The third-order valence-corrected chi connectivity index (χ3v) is 16.2. The van der Waals surface area contributed by atoms with E-state index >= 15 is 4.79 Å². The first-order chi connectivity index (χ1) is 28.1. The van der Waals surface area contributed by atoms with Crippen molar-refractivity contribution >= 4 is 37.7 Å². The fourth-order valence-corrected chi connectivity index (χ4v) is 8.11. The summed E-state index contributed by atoms with van der Waals surface area (Å²) < 4.78 is 21.9. The molecule has 314 valence electrons. The molecule has 0 aliphatic carbocycles. The van der Waals surface area contributed by atoms with Gasteiger partial charge in [-0.25, -0.2) is 9.59 Å². The Hall–Kier alpha value is -6.06. The van der Waals surface area contributed by atoms with Gasteiger partial charge in [0.2, 0.25) is 8.32 Å². The van der Waals surface area contributed by atoms with E-state index in [0.29, 0.717) is 58.1 Å². The Bertz CT molecular complexity index is 2480. The number of carbonyl (C=O) groups excluding carboxylic acids is 3. The van der Waals surface area contributed by atoms with E-state index in [1.54, 1.807) is 20.4 Å². The second kappa shape index (κ2) is 16.5. The molecule has 0 spiro atoms. The van der Waals surface area contributed by atoms with Crippen LogP contribution in [-0.4, -0.2) is 52.5 Å². The van der Waals surface area contributed by atoms with Gasteiger partial charge in [-0.05, 0) is 124 Å². The van der Waals surface area contributed by atoms with Crippen LogP contribution < -0.4 is 9.33 Å². The van der Waals surface area contributed by atoms with Gasteiger partial charge in [0.05, 0.1) is 16.8 Å². The smallest absolute Gasteiger partial charge is 0.410 e. The lowest BCUT2D eigenvalue weighted by Crippen LogP contribution is -2.43. The van der Waals surface area contributed by atoms with E-state index in [0.717, 1.165) is 28.1 Å². The van der Waals surface area contributed by atoms with E-state index in [1.165, 1.54) is 0 Å². The highest BCUT2D eigenvalue weighted by Gasteiger charge is 2.39. The number of nitriles is 1. The zero-order chi connectivity index (χ0) is 43.9. The van der Waals surface area contributed by atoms with Gasteiger partial charge in [0, 0.05) is 55.5 Å². The summed E-state index contributed by atoms with van der Waals surface area (Å²) in [7, 11) is 1.56. The zero-order valence-corrected chi connectivity index (χ0v) is 38.0. The summed E-state index contributed by atoms with van der Waals surface area (Å²) in [5.41, 5.74) is 7.01. The second-order valence-electron chi connectivity index (χ2n) is 18.1. The molecule has 5 aromatic rings.